The summed E-state index contributed by atoms with van der Waals surface area (Å²) in [6.45, 7) is 5.38. The molecule has 1 fully saturated rings. The lowest BCUT2D eigenvalue weighted by Gasteiger charge is -2.23. The van der Waals surface area contributed by atoms with Crippen LogP contribution in [0.4, 0.5) is 17.3 Å². The minimum absolute atomic E-state index is 0.555. The third-order valence-electron chi connectivity index (χ3n) is 4.36. The highest BCUT2D eigenvalue weighted by Crippen LogP contribution is 2.26. The third-order valence-corrected chi connectivity index (χ3v) is 4.36. The van der Waals surface area contributed by atoms with E-state index in [1.807, 2.05) is 25.3 Å². The van der Waals surface area contributed by atoms with Crippen LogP contribution >= 0.6 is 0 Å². The quantitative estimate of drug-likeness (QED) is 0.805. The number of hydrogen-bond acceptors (Lipinski definition) is 5. The zero-order valence-corrected chi connectivity index (χ0v) is 13.4. The first-order valence-corrected chi connectivity index (χ1v) is 8.01. The maximum atomic E-state index is 4.78. The highest BCUT2D eigenvalue weighted by molar-refractivity contribution is 5.73. The topological polar surface area (TPSA) is 58.3 Å². The minimum atomic E-state index is 0.555. The summed E-state index contributed by atoms with van der Waals surface area (Å²) in [5, 5.41) is 7.60. The van der Waals surface area contributed by atoms with Gasteiger partial charge in [0.05, 0.1) is 5.69 Å². The van der Waals surface area contributed by atoms with Gasteiger partial charge in [-0.1, -0.05) is 6.07 Å². The first-order chi connectivity index (χ1) is 11.2. The molecule has 6 nitrogen and oxygen atoms in total. The number of aryl methyl sites for hydroxylation is 1. The monoisotopic (exact) mass is 308 g/mol. The summed E-state index contributed by atoms with van der Waals surface area (Å²) >= 11 is 0. The Labute approximate surface area is 135 Å². The van der Waals surface area contributed by atoms with Crippen molar-refractivity contribution in [1.82, 2.24) is 19.6 Å². The highest BCUT2D eigenvalue weighted by Gasteiger charge is 2.21. The second kappa shape index (κ2) is 5.53. The number of pyridine rings is 2. The van der Waals surface area contributed by atoms with Gasteiger partial charge < -0.3 is 10.2 Å². The number of anilines is 3. The molecule has 4 heterocycles. The standard InChI is InChI=1S/C17H20N6/c1-12-9-14(17-18-11-19-23(17)10-12)20-15-6-3-7-16(21-15)22-8-4-5-13(22)2/h3,6-7,9-11,13H,4-5,8H2,1-2H3,(H,20,21). The van der Waals surface area contributed by atoms with E-state index in [1.165, 1.54) is 12.8 Å². The summed E-state index contributed by atoms with van der Waals surface area (Å²) in [7, 11) is 0. The molecule has 1 aliphatic heterocycles. The fourth-order valence-electron chi connectivity index (χ4n) is 3.22. The summed E-state index contributed by atoms with van der Waals surface area (Å²) in [6, 6.07) is 8.73. The molecule has 0 saturated carbocycles. The summed E-state index contributed by atoms with van der Waals surface area (Å²) in [4.78, 5) is 11.5. The molecule has 1 aliphatic rings. The lowest BCUT2D eigenvalue weighted by Crippen LogP contribution is -2.27. The normalized spacial score (nSPS) is 17.8. The van der Waals surface area contributed by atoms with Crippen molar-refractivity contribution in [2.75, 3.05) is 16.8 Å². The highest BCUT2D eigenvalue weighted by atomic mass is 15.3. The molecule has 4 rings (SSSR count). The van der Waals surface area contributed by atoms with Gasteiger partial charge in [0.2, 0.25) is 0 Å². The van der Waals surface area contributed by atoms with E-state index in [9.17, 15) is 0 Å². The zero-order valence-electron chi connectivity index (χ0n) is 13.4. The molecule has 1 unspecified atom stereocenters. The number of rotatable bonds is 3. The van der Waals surface area contributed by atoms with E-state index in [2.05, 4.69) is 39.4 Å². The number of fused-ring (bicyclic) bond motifs is 1. The summed E-state index contributed by atoms with van der Waals surface area (Å²) in [5.74, 6) is 1.86. The molecule has 0 radical (unpaired) electrons. The molecule has 0 amide bonds. The van der Waals surface area contributed by atoms with Gasteiger partial charge in [-0.05, 0) is 50.5 Å². The second-order valence-electron chi connectivity index (χ2n) is 6.15. The molecule has 6 heteroatoms. The molecule has 3 aromatic heterocycles. The summed E-state index contributed by atoms with van der Waals surface area (Å²) in [6.07, 6.45) is 6.00. The van der Waals surface area contributed by atoms with E-state index in [4.69, 9.17) is 4.98 Å². The van der Waals surface area contributed by atoms with E-state index >= 15 is 0 Å². The predicted octanol–water partition coefficient (Wildman–Crippen LogP) is 3.17. The first-order valence-electron chi connectivity index (χ1n) is 8.01. The lowest BCUT2D eigenvalue weighted by molar-refractivity contribution is 0.727. The molecule has 0 aromatic carbocycles. The minimum Gasteiger partial charge on any atom is -0.354 e. The number of nitrogens with one attached hydrogen (secondary N) is 1. The van der Waals surface area contributed by atoms with E-state index in [0.717, 1.165) is 35.1 Å². The summed E-state index contributed by atoms with van der Waals surface area (Å²) in [5.41, 5.74) is 2.84. The zero-order chi connectivity index (χ0) is 15.8. The van der Waals surface area contributed by atoms with Gasteiger partial charge in [-0.15, -0.1) is 0 Å². The van der Waals surface area contributed by atoms with E-state index < -0.39 is 0 Å². The Bertz CT molecular complexity index is 840. The van der Waals surface area contributed by atoms with Crippen molar-refractivity contribution in [3.63, 3.8) is 0 Å². The average Bonchev–Trinajstić information content (AvgIpc) is 3.16. The van der Waals surface area contributed by atoms with Crippen LogP contribution in [0.1, 0.15) is 25.3 Å². The fraction of sp³-hybridized carbons (Fsp3) is 0.353. The molecule has 1 saturated heterocycles. The number of aromatic nitrogens is 4. The number of nitrogens with zero attached hydrogens (tertiary/aromatic N) is 5. The van der Waals surface area contributed by atoms with Crippen molar-refractivity contribution in [3.05, 3.63) is 42.4 Å². The molecule has 0 spiro atoms. The Balaban J connectivity index is 1.67. The van der Waals surface area contributed by atoms with Crippen LogP contribution in [0.5, 0.6) is 0 Å². The van der Waals surface area contributed by atoms with Gasteiger partial charge >= 0.3 is 0 Å². The Kier molecular flexibility index (Phi) is 3.37. The van der Waals surface area contributed by atoms with Crippen molar-refractivity contribution in [2.24, 2.45) is 0 Å². The van der Waals surface area contributed by atoms with Crippen molar-refractivity contribution in [1.29, 1.82) is 0 Å². The lowest BCUT2D eigenvalue weighted by atomic mass is 10.2. The second-order valence-corrected chi connectivity index (χ2v) is 6.15. The van der Waals surface area contributed by atoms with Crippen LogP contribution in [0.15, 0.2) is 36.8 Å². The van der Waals surface area contributed by atoms with Gasteiger partial charge in [0.1, 0.15) is 18.0 Å². The Hall–Kier alpha value is -2.63. The molecule has 1 N–H and O–H groups in total. The fourth-order valence-corrected chi connectivity index (χ4v) is 3.22. The Morgan fingerprint density at radius 1 is 1.30 bits per heavy atom. The Morgan fingerprint density at radius 2 is 2.22 bits per heavy atom. The largest absolute Gasteiger partial charge is 0.354 e. The first kappa shape index (κ1) is 14.0. The van der Waals surface area contributed by atoms with Crippen LogP contribution in [0.25, 0.3) is 5.65 Å². The molecule has 0 aliphatic carbocycles. The van der Waals surface area contributed by atoms with Crippen molar-refractivity contribution in [2.45, 2.75) is 32.7 Å². The molecular weight excluding hydrogens is 288 g/mol. The maximum Gasteiger partial charge on any atom is 0.178 e. The molecule has 1 atom stereocenters. The molecule has 0 bridgehead atoms. The third kappa shape index (κ3) is 2.60. The van der Waals surface area contributed by atoms with Crippen LogP contribution in [0.2, 0.25) is 0 Å². The smallest absolute Gasteiger partial charge is 0.178 e. The van der Waals surface area contributed by atoms with Crippen LogP contribution in [-0.2, 0) is 0 Å². The number of hydrogen-bond donors (Lipinski definition) is 1. The van der Waals surface area contributed by atoms with Gasteiger partial charge in [-0.3, -0.25) is 0 Å². The SMILES string of the molecule is Cc1cc(Nc2cccc(N3CCCC3C)n2)c2ncnn2c1. The van der Waals surface area contributed by atoms with Crippen molar-refractivity contribution < 1.29 is 0 Å². The van der Waals surface area contributed by atoms with Crippen LogP contribution in [0.3, 0.4) is 0 Å². The van der Waals surface area contributed by atoms with Gasteiger partial charge in [0, 0.05) is 18.8 Å². The maximum absolute atomic E-state index is 4.78. The van der Waals surface area contributed by atoms with Gasteiger partial charge in [0.15, 0.2) is 5.65 Å². The van der Waals surface area contributed by atoms with Crippen LogP contribution in [-0.4, -0.2) is 32.2 Å². The Morgan fingerprint density at radius 3 is 3.04 bits per heavy atom. The van der Waals surface area contributed by atoms with Crippen molar-refractivity contribution >= 4 is 23.0 Å². The van der Waals surface area contributed by atoms with Gasteiger partial charge in [-0.25, -0.2) is 14.5 Å². The van der Waals surface area contributed by atoms with E-state index in [1.54, 1.807) is 10.8 Å². The van der Waals surface area contributed by atoms with Gasteiger partial charge in [-0.2, -0.15) is 5.10 Å². The van der Waals surface area contributed by atoms with Crippen LogP contribution in [0, 0.1) is 6.92 Å². The van der Waals surface area contributed by atoms with E-state index in [-0.39, 0.29) is 0 Å². The van der Waals surface area contributed by atoms with E-state index in [0.29, 0.717) is 6.04 Å². The molecule has 23 heavy (non-hydrogen) atoms. The molecule has 3 aromatic rings. The molecular formula is C17H20N6. The predicted molar refractivity (Wildman–Crippen MR) is 91.3 cm³/mol. The molecule has 118 valence electrons. The van der Waals surface area contributed by atoms with Crippen molar-refractivity contribution in [3.8, 4) is 0 Å². The van der Waals surface area contributed by atoms with Crippen LogP contribution < -0.4 is 10.2 Å². The average molecular weight is 308 g/mol. The summed E-state index contributed by atoms with van der Waals surface area (Å²) < 4.78 is 1.78. The van der Waals surface area contributed by atoms with Gasteiger partial charge in [0.25, 0.3) is 0 Å².